The van der Waals surface area contributed by atoms with Crippen LogP contribution in [0.2, 0.25) is 0 Å². The maximum absolute atomic E-state index is 10.2. The monoisotopic (exact) mass is 181 g/mol. The first-order chi connectivity index (χ1) is 4.81. The van der Waals surface area contributed by atoms with Gasteiger partial charge in [0.15, 0.2) is 0 Å². The molecular formula is C4H8NO5P. The van der Waals surface area contributed by atoms with Gasteiger partial charge in [0.25, 0.3) is 0 Å². The Morgan fingerprint density at radius 2 is 1.91 bits per heavy atom. The van der Waals surface area contributed by atoms with Crippen LogP contribution in [0.1, 0.15) is 6.42 Å². The van der Waals surface area contributed by atoms with Crippen LogP contribution in [0.4, 0.5) is 0 Å². The molecule has 7 heteroatoms. The van der Waals surface area contributed by atoms with Crippen LogP contribution < -0.4 is 0 Å². The molecule has 0 saturated carbocycles. The van der Waals surface area contributed by atoms with Crippen LogP contribution in [0.25, 0.3) is 0 Å². The van der Waals surface area contributed by atoms with E-state index in [4.69, 9.17) is 20.3 Å². The van der Waals surface area contributed by atoms with Gasteiger partial charge in [-0.3, -0.25) is 9.36 Å². The van der Waals surface area contributed by atoms with Crippen molar-refractivity contribution in [3.63, 3.8) is 0 Å². The molecule has 0 aromatic carbocycles. The minimum atomic E-state index is -4.27. The number of hydrogen-bond donors (Lipinski definition) is 4. The van der Waals surface area contributed by atoms with Gasteiger partial charge in [-0.1, -0.05) is 0 Å². The molecule has 4 N–H and O–H groups in total. The fourth-order valence-corrected chi connectivity index (χ4v) is 1.10. The highest BCUT2D eigenvalue weighted by molar-refractivity contribution is 7.52. The second kappa shape index (κ2) is 3.61. The zero-order valence-corrected chi connectivity index (χ0v) is 6.41. The van der Waals surface area contributed by atoms with Gasteiger partial charge >= 0.3 is 13.6 Å². The SMILES string of the molecule is N=C(CC(=O)O)CP(=O)(O)O. The molecule has 0 aromatic heterocycles. The molecule has 0 spiro atoms. The lowest BCUT2D eigenvalue weighted by Crippen LogP contribution is -2.10. The Labute approximate surface area is 62.5 Å². The molecule has 0 rings (SSSR count). The normalized spacial score (nSPS) is 11.1. The van der Waals surface area contributed by atoms with Crippen LogP contribution >= 0.6 is 7.60 Å². The maximum Gasteiger partial charge on any atom is 0.331 e. The fraction of sp³-hybridized carbons (Fsp3) is 0.500. The number of hydrogen-bond acceptors (Lipinski definition) is 3. The van der Waals surface area contributed by atoms with Gasteiger partial charge in [-0.05, 0) is 0 Å². The lowest BCUT2D eigenvalue weighted by atomic mass is 10.3. The molecule has 0 bridgehead atoms. The molecule has 0 amide bonds. The van der Waals surface area contributed by atoms with Crippen LogP contribution in [0.5, 0.6) is 0 Å². The summed E-state index contributed by atoms with van der Waals surface area (Å²) in [5, 5.41) is 14.9. The van der Waals surface area contributed by atoms with Crippen molar-refractivity contribution in [1.29, 1.82) is 5.41 Å². The van der Waals surface area contributed by atoms with E-state index in [1.807, 2.05) is 0 Å². The number of carbonyl (C=O) groups is 1. The van der Waals surface area contributed by atoms with Crippen molar-refractivity contribution in [2.75, 3.05) is 6.16 Å². The van der Waals surface area contributed by atoms with E-state index in [1.165, 1.54) is 0 Å². The molecule has 0 fully saturated rings. The Kier molecular flexibility index (Phi) is 3.38. The molecule has 64 valence electrons. The van der Waals surface area contributed by atoms with Gasteiger partial charge in [0, 0.05) is 5.71 Å². The standard InChI is InChI=1S/C4H8NO5P/c5-3(1-4(6)7)2-11(8,9)10/h5H,1-2H2,(H,6,7)(H2,8,9,10). The lowest BCUT2D eigenvalue weighted by Gasteiger charge is -2.01. The van der Waals surface area contributed by atoms with Gasteiger partial charge in [0.2, 0.25) is 0 Å². The van der Waals surface area contributed by atoms with Crippen molar-refractivity contribution in [3.8, 4) is 0 Å². The summed E-state index contributed by atoms with van der Waals surface area (Å²) in [6.07, 6.45) is -1.40. The number of carboxylic acid groups (broad SMARTS) is 1. The Morgan fingerprint density at radius 1 is 1.45 bits per heavy atom. The Morgan fingerprint density at radius 3 is 2.18 bits per heavy atom. The molecule has 11 heavy (non-hydrogen) atoms. The first-order valence-electron chi connectivity index (χ1n) is 2.64. The first-order valence-corrected chi connectivity index (χ1v) is 4.43. The number of rotatable bonds is 4. The summed E-state index contributed by atoms with van der Waals surface area (Å²) in [5.41, 5.74) is -0.467. The summed E-state index contributed by atoms with van der Waals surface area (Å²) in [6.45, 7) is 0. The zero-order valence-electron chi connectivity index (χ0n) is 5.52. The van der Waals surface area contributed by atoms with Crippen LogP contribution in [-0.4, -0.2) is 32.7 Å². The third-order valence-corrected chi connectivity index (χ3v) is 1.56. The average Bonchev–Trinajstić information content (AvgIpc) is 1.53. The van der Waals surface area contributed by atoms with Crippen LogP contribution in [0.15, 0.2) is 0 Å². The van der Waals surface area contributed by atoms with E-state index in [1.54, 1.807) is 0 Å². The van der Waals surface area contributed by atoms with Gasteiger partial charge in [-0.2, -0.15) is 0 Å². The molecule has 0 atom stereocenters. The molecule has 0 aromatic rings. The topological polar surface area (TPSA) is 119 Å². The molecule has 6 nitrogen and oxygen atoms in total. The van der Waals surface area contributed by atoms with Crippen LogP contribution in [0.3, 0.4) is 0 Å². The summed E-state index contributed by atoms with van der Waals surface area (Å²) in [4.78, 5) is 26.5. The largest absolute Gasteiger partial charge is 0.481 e. The maximum atomic E-state index is 10.2. The molecule has 0 unspecified atom stereocenters. The van der Waals surface area contributed by atoms with Crippen molar-refractivity contribution in [2.45, 2.75) is 6.42 Å². The van der Waals surface area contributed by atoms with Crippen molar-refractivity contribution in [3.05, 3.63) is 0 Å². The molecule has 0 aliphatic carbocycles. The van der Waals surface area contributed by atoms with E-state index in [0.29, 0.717) is 0 Å². The van der Waals surface area contributed by atoms with Crippen LogP contribution in [0, 0.1) is 5.41 Å². The lowest BCUT2D eigenvalue weighted by molar-refractivity contribution is -0.135. The van der Waals surface area contributed by atoms with E-state index < -0.39 is 31.9 Å². The minimum absolute atomic E-state index is 0.467. The summed E-state index contributed by atoms with van der Waals surface area (Å²) in [6, 6.07) is 0. The number of carboxylic acids is 1. The Hall–Kier alpha value is -0.710. The fourth-order valence-electron chi connectivity index (χ4n) is 0.487. The summed E-state index contributed by atoms with van der Waals surface area (Å²) in [7, 11) is -4.27. The van der Waals surface area contributed by atoms with Gasteiger partial charge in [-0.15, -0.1) is 0 Å². The molecule has 0 radical (unpaired) electrons. The molecule has 0 saturated heterocycles. The van der Waals surface area contributed by atoms with Crippen molar-refractivity contribution in [1.82, 2.24) is 0 Å². The van der Waals surface area contributed by atoms with Gasteiger partial charge in [-0.25, -0.2) is 0 Å². The minimum Gasteiger partial charge on any atom is -0.481 e. The number of aliphatic carboxylic acids is 1. The molecule has 0 aliphatic heterocycles. The Balaban J connectivity index is 3.90. The van der Waals surface area contributed by atoms with Crippen molar-refractivity contribution >= 4 is 19.3 Å². The third-order valence-electron chi connectivity index (χ3n) is 0.761. The van der Waals surface area contributed by atoms with Crippen molar-refractivity contribution < 1.29 is 24.3 Å². The van der Waals surface area contributed by atoms with Crippen LogP contribution in [-0.2, 0) is 9.36 Å². The van der Waals surface area contributed by atoms with E-state index in [9.17, 15) is 9.36 Å². The highest BCUT2D eigenvalue weighted by atomic mass is 31.2. The van der Waals surface area contributed by atoms with Gasteiger partial charge < -0.3 is 20.3 Å². The predicted octanol–water partition coefficient (Wildman–Crippen LogP) is -0.341. The second-order valence-electron chi connectivity index (χ2n) is 2.00. The molecular weight excluding hydrogens is 173 g/mol. The van der Waals surface area contributed by atoms with E-state index in [0.717, 1.165) is 0 Å². The zero-order chi connectivity index (χ0) is 9.07. The highest BCUT2D eigenvalue weighted by Gasteiger charge is 2.17. The second-order valence-corrected chi connectivity index (χ2v) is 3.64. The first kappa shape index (κ1) is 10.3. The number of nitrogens with one attached hydrogen (secondary N) is 1. The van der Waals surface area contributed by atoms with E-state index in [2.05, 4.69) is 0 Å². The highest BCUT2D eigenvalue weighted by Crippen LogP contribution is 2.34. The smallest absolute Gasteiger partial charge is 0.331 e. The quantitative estimate of drug-likeness (QED) is 0.349. The van der Waals surface area contributed by atoms with E-state index in [-0.39, 0.29) is 0 Å². The van der Waals surface area contributed by atoms with Crippen molar-refractivity contribution in [2.24, 2.45) is 0 Å². The predicted molar refractivity (Wildman–Crippen MR) is 36.9 cm³/mol. The summed E-state index contributed by atoms with van der Waals surface area (Å²) in [5.74, 6) is -1.26. The van der Waals surface area contributed by atoms with Gasteiger partial charge in [0.05, 0.1) is 12.6 Å². The molecule has 0 aliphatic rings. The van der Waals surface area contributed by atoms with Gasteiger partial charge in [0.1, 0.15) is 0 Å². The molecule has 0 heterocycles. The summed E-state index contributed by atoms with van der Waals surface area (Å²) < 4.78 is 10.2. The average molecular weight is 181 g/mol. The third kappa shape index (κ3) is 7.18. The Bertz CT molecular complexity index is 219. The summed E-state index contributed by atoms with van der Waals surface area (Å²) >= 11 is 0. The van der Waals surface area contributed by atoms with E-state index >= 15 is 0 Å².